The number of likely N-dealkylation sites (tertiary alicyclic amines) is 1. The average molecular weight is 339 g/mol. The Kier molecular flexibility index (Phi) is 5.51. The summed E-state index contributed by atoms with van der Waals surface area (Å²) in [5.41, 5.74) is 1.92. The fourth-order valence-electron chi connectivity index (χ4n) is 3.63. The van der Waals surface area contributed by atoms with Crippen LogP contribution in [0, 0.1) is 0 Å². The van der Waals surface area contributed by atoms with Crippen LogP contribution in [0.5, 0.6) is 0 Å². The molecule has 2 aromatic carbocycles. The molecule has 2 aromatic rings. The number of methoxy groups -OCH3 is 1. The van der Waals surface area contributed by atoms with Gasteiger partial charge in [0.05, 0.1) is 24.2 Å². The summed E-state index contributed by atoms with van der Waals surface area (Å²) in [6, 6.07) is 19.5. The summed E-state index contributed by atoms with van der Waals surface area (Å²) in [5.74, 6) is -0.359. The maximum Gasteiger partial charge on any atom is 0.235 e. The average Bonchev–Trinajstić information content (AvgIpc) is 3.05. The lowest BCUT2D eigenvalue weighted by molar-refractivity contribution is -0.135. The normalized spacial score (nSPS) is 21.5. The SMILES string of the molecule is COC(C)[C@@H]1C[C@@H](O)CN1C(=O)C(c1ccccc1)c1ccccc1. The van der Waals surface area contributed by atoms with Gasteiger partial charge in [-0.15, -0.1) is 0 Å². The monoisotopic (exact) mass is 339 g/mol. The summed E-state index contributed by atoms with van der Waals surface area (Å²) in [4.78, 5) is 15.3. The molecule has 1 saturated heterocycles. The standard InChI is InChI=1S/C21H25NO3/c1-15(25-2)19-13-18(23)14-22(19)21(24)20(16-9-5-3-6-10-16)17-11-7-4-8-12-17/h3-12,15,18-20,23H,13-14H2,1-2H3/t15?,18-,19+/m1/s1. The van der Waals surface area contributed by atoms with Gasteiger partial charge in [0.15, 0.2) is 0 Å². The van der Waals surface area contributed by atoms with Gasteiger partial charge >= 0.3 is 0 Å². The Bertz CT molecular complexity index is 649. The van der Waals surface area contributed by atoms with E-state index >= 15 is 0 Å². The first kappa shape index (κ1) is 17.6. The van der Waals surface area contributed by atoms with E-state index < -0.39 is 6.10 Å². The van der Waals surface area contributed by atoms with Crippen molar-refractivity contribution in [1.29, 1.82) is 0 Å². The van der Waals surface area contributed by atoms with Gasteiger partial charge in [0, 0.05) is 13.7 Å². The molecule has 1 unspecified atom stereocenters. The number of aliphatic hydroxyl groups excluding tert-OH is 1. The Hall–Kier alpha value is -2.17. The van der Waals surface area contributed by atoms with Crippen LogP contribution in [0.4, 0.5) is 0 Å². The number of amides is 1. The third-order valence-corrected chi connectivity index (χ3v) is 5.03. The van der Waals surface area contributed by atoms with Crippen LogP contribution in [0.25, 0.3) is 0 Å². The quantitative estimate of drug-likeness (QED) is 0.911. The molecule has 1 aliphatic heterocycles. The summed E-state index contributed by atoms with van der Waals surface area (Å²) < 4.78 is 5.45. The van der Waals surface area contributed by atoms with Crippen LogP contribution in [0.2, 0.25) is 0 Å². The van der Waals surface area contributed by atoms with Gasteiger partial charge in [-0.05, 0) is 24.5 Å². The molecule has 1 N–H and O–H groups in total. The maximum absolute atomic E-state index is 13.5. The number of carbonyl (C=O) groups excluding carboxylic acids is 1. The topological polar surface area (TPSA) is 49.8 Å². The minimum Gasteiger partial charge on any atom is -0.391 e. The van der Waals surface area contributed by atoms with Gasteiger partial charge in [-0.2, -0.15) is 0 Å². The van der Waals surface area contributed by atoms with Crippen LogP contribution in [0.1, 0.15) is 30.4 Å². The Morgan fingerprint density at radius 3 is 2.08 bits per heavy atom. The molecule has 1 amide bonds. The van der Waals surface area contributed by atoms with Crippen molar-refractivity contribution >= 4 is 5.91 Å². The molecule has 0 aliphatic carbocycles. The predicted molar refractivity (Wildman–Crippen MR) is 97.3 cm³/mol. The lowest BCUT2D eigenvalue weighted by Crippen LogP contribution is -2.44. The van der Waals surface area contributed by atoms with E-state index in [9.17, 15) is 9.90 Å². The smallest absolute Gasteiger partial charge is 0.235 e. The third kappa shape index (κ3) is 3.75. The molecule has 0 aromatic heterocycles. The highest BCUT2D eigenvalue weighted by Crippen LogP contribution is 2.31. The summed E-state index contributed by atoms with van der Waals surface area (Å²) >= 11 is 0. The summed E-state index contributed by atoms with van der Waals surface area (Å²) in [6.07, 6.45) is -0.0659. The van der Waals surface area contributed by atoms with Crippen molar-refractivity contribution in [2.75, 3.05) is 13.7 Å². The van der Waals surface area contributed by atoms with Gasteiger partial charge in [0.2, 0.25) is 5.91 Å². The van der Waals surface area contributed by atoms with Gasteiger partial charge in [-0.1, -0.05) is 60.7 Å². The van der Waals surface area contributed by atoms with Crippen LogP contribution < -0.4 is 0 Å². The van der Waals surface area contributed by atoms with Gasteiger partial charge in [0.1, 0.15) is 0 Å². The Labute approximate surface area is 149 Å². The molecule has 1 heterocycles. The van der Waals surface area contributed by atoms with Gasteiger partial charge in [0.25, 0.3) is 0 Å². The van der Waals surface area contributed by atoms with Gasteiger partial charge in [-0.25, -0.2) is 0 Å². The molecule has 132 valence electrons. The van der Waals surface area contributed by atoms with Gasteiger partial charge < -0.3 is 14.7 Å². The van der Waals surface area contributed by atoms with E-state index in [2.05, 4.69) is 0 Å². The zero-order valence-corrected chi connectivity index (χ0v) is 14.7. The zero-order chi connectivity index (χ0) is 17.8. The number of hydrogen-bond donors (Lipinski definition) is 1. The van der Waals surface area contributed by atoms with E-state index in [1.807, 2.05) is 67.6 Å². The van der Waals surface area contributed by atoms with Crippen molar-refractivity contribution in [3.63, 3.8) is 0 Å². The Morgan fingerprint density at radius 1 is 1.08 bits per heavy atom. The number of carbonyl (C=O) groups is 1. The van der Waals surface area contributed by atoms with E-state index in [4.69, 9.17) is 4.74 Å². The van der Waals surface area contributed by atoms with Crippen LogP contribution in [0.15, 0.2) is 60.7 Å². The lowest BCUT2D eigenvalue weighted by Gasteiger charge is -2.32. The zero-order valence-electron chi connectivity index (χ0n) is 14.7. The Morgan fingerprint density at radius 2 is 1.60 bits per heavy atom. The lowest BCUT2D eigenvalue weighted by atomic mass is 9.89. The third-order valence-electron chi connectivity index (χ3n) is 5.03. The van der Waals surface area contributed by atoms with E-state index in [0.29, 0.717) is 13.0 Å². The van der Waals surface area contributed by atoms with Crippen LogP contribution in [0.3, 0.4) is 0 Å². The predicted octanol–water partition coefficient (Wildman–Crippen LogP) is 2.82. The number of hydrogen-bond acceptors (Lipinski definition) is 3. The molecule has 4 nitrogen and oxygen atoms in total. The second-order valence-electron chi connectivity index (χ2n) is 6.64. The van der Waals surface area contributed by atoms with Crippen LogP contribution in [-0.2, 0) is 9.53 Å². The Balaban J connectivity index is 1.97. The molecule has 3 rings (SSSR count). The first-order chi connectivity index (χ1) is 12.1. The molecular weight excluding hydrogens is 314 g/mol. The highest BCUT2D eigenvalue weighted by atomic mass is 16.5. The van der Waals surface area contributed by atoms with Crippen molar-refractivity contribution in [3.05, 3.63) is 71.8 Å². The first-order valence-corrected chi connectivity index (χ1v) is 8.73. The maximum atomic E-state index is 13.5. The minimum absolute atomic E-state index is 0.0165. The molecule has 0 bridgehead atoms. The summed E-state index contributed by atoms with van der Waals surface area (Å²) in [6.45, 7) is 2.30. The first-order valence-electron chi connectivity index (χ1n) is 8.73. The van der Waals surface area contributed by atoms with E-state index in [1.165, 1.54) is 0 Å². The number of rotatable bonds is 5. The molecule has 1 fully saturated rings. The van der Waals surface area contributed by atoms with Crippen molar-refractivity contribution in [2.24, 2.45) is 0 Å². The minimum atomic E-state index is -0.501. The number of β-amino-alcohol motifs (C(OH)–C–C–N with tert-alkyl or cyclic N) is 1. The molecule has 0 saturated carbocycles. The fraction of sp³-hybridized carbons (Fsp3) is 0.381. The number of nitrogens with zero attached hydrogens (tertiary/aromatic N) is 1. The van der Waals surface area contributed by atoms with Crippen molar-refractivity contribution in [2.45, 2.75) is 37.5 Å². The summed E-state index contributed by atoms with van der Waals surface area (Å²) in [7, 11) is 1.64. The van der Waals surface area contributed by atoms with Gasteiger partial charge in [-0.3, -0.25) is 4.79 Å². The molecule has 0 radical (unpaired) electrons. The fourth-order valence-corrected chi connectivity index (χ4v) is 3.63. The molecule has 1 aliphatic rings. The van der Waals surface area contributed by atoms with Crippen molar-refractivity contribution < 1.29 is 14.6 Å². The molecular formula is C21H25NO3. The molecule has 0 spiro atoms. The van der Waals surface area contributed by atoms with Crippen molar-refractivity contribution in [1.82, 2.24) is 4.90 Å². The van der Waals surface area contributed by atoms with E-state index in [1.54, 1.807) is 12.0 Å². The highest BCUT2D eigenvalue weighted by Gasteiger charge is 2.40. The van der Waals surface area contributed by atoms with Crippen LogP contribution >= 0.6 is 0 Å². The van der Waals surface area contributed by atoms with Crippen molar-refractivity contribution in [3.8, 4) is 0 Å². The second kappa shape index (κ2) is 7.81. The number of benzene rings is 2. The molecule has 25 heavy (non-hydrogen) atoms. The highest BCUT2D eigenvalue weighted by molar-refractivity contribution is 5.87. The summed E-state index contributed by atoms with van der Waals surface area (Å²) in [5, 5.41) is 10.1. The molecule has 4 heteroatoms. The second-order valence-corrected chi connectivity index (χ2v) is 6.64. The van der Waals surface area contributed by atoms with E-state index in [0.717, 1.165) is 11.1 Å². The largest absolute Gasteiger partial charge is 0.391 e. The van der Waals surface area contributed by atoms with Crippen LogP contribution in [-0.4, -0.2) is 47.8 Å². The number of ether oxygens (including phenoxy) is 1. The molecule has 3 atom stereocenters. The van der Waals surface area contributed by atoms with E-state index in [-0.39, 0.29) is 24.0 Å². The number of aliphatic hydroxyl groups is 1.